The summed E-state index contributed by atoms with van der Waals surface area (Å²) >= 11 is 0. The van der Waals surface area contributed by atoms with E-state index in [0.29, 0.717) is 21.8 Å². The number of fused-ring (bicyclic) bond motifs is 2. The third-order valence-electron chi connectivity index (χ3n) is 4.56. The highest BCUT2D eigenvalue weighted by atomic mass is 16.4. The summed E-state index contributed by atoms with van der Waals surface area (Å²) < 4.78 is 2.39. The quantitative estimate of drug-likeness (QED) is 0.580. The van der Waals surface area contributed by atoms with Crippen molar-refractivity contribution in [3.8, 4) is 5.69 Å². The Hall–Kier alpha value is -3.61. The maximum Gasteiger partial charge on any atom is 0.354 e. The van der Waals surface area contributed by atoms with E-state index in [4.69, 9.17) is 0 Å². The lowest BCUT2D eigenvalue weighted by Gasteiger charge is -2.07. The fourth-order valence-corrected chi connectivity index (χ4v) is 3.38. The summed E-state index contributed by atoms with van der Waals surface area (Å²) in [6.07, 6.45) is 0. The van der Waals surface area contributed by atoms with Crippen molar-refractivity contribution in [1.82, 2.24) is 14.1 Å². The van der Waals surface area contributed by atoms with E-state index < -0.39 is 17.2 Å². The molecule has 2 aromatic carbocycles. The van der Waals surface area contributed by atoms with Gasteiger partial charge in [0, 0.05) is 12.4 Å². The van der Waals surface area contributed by atoms with Crippen LogP contribution in [0.4, 0.5) is 0 Å². The third-order valence-corrected chi connectivity index (χ3v) is 4.56. The molecule has 7 heteroatoms. The molecule has 130 valence electrons. The van der Waals surface area contributed by atoms with Gasteiger partial charge in [-0.25, -0.2) is 14.2 Å². The number of H-pyrrole nitrogens is 1. The number of rotatable bonds is 2. The Bertz CT molecular complexity index is 1320. The first-order chi connectivity index (χ1) is 12.4. The van der Waals surface area contributed by atoms with Gasteiger partial charge in [0.2, 0.25) is 0 Å². The standard InChI is InChI=1S/C19H15N3O4/c1-10-7-8-14-12(9-10)15(16(18(24)25)21(14)2)22-17(23)11-5-3-4-6-13(11)20-19(22)26/h3-9H,1-2H3,(H,20,26)(H,24,25). The molecule has 26 heavy (non-hydrogen) atoms. The smallest absolute Gasteiger partial charge is 0.354 e. The van der Waals surface area contributed by atoms with E-state index in [9.17, 15) is 19.5 Å². The average molecular weight is 349 g/mol. The number of carboxylic acid groups (broad SMARTS) is 1. The van der Waals surface area contributed by atoms with E-state index in [-0.39, 0.29) is 11.4 Å². The highest BCUT2D eigenvalue weighted by molar-refractivity contribution is 6.03. The van der Waals surface area contributed by atoms with Crippen molar-refractivity contribution in [2.75, 3.05) is 0 Å². The molecule has 0 radical (unpaired) electrons. The minimum atomic E-state index is -1.21. The number of hydrogen-bond acceptors (Lipinski definition) is 3. The van der Waals surface area contributed by atoms with Crippen LogP contribution in [-0.4, -0.2) is 25.2 Å². The number of para-hydroxylation sites is 1. The molecule has 0 amide bonds. The van der Waals surface area contributed by atoms with Crippen molar-refractivity contribution in [1.29, 1.82) is 0 Å². The van der Waals surface area contributed by atoms with Crippen molar-refractivity contribution < 1.29 is 9.90 Å². The number of benzene rings is 2. The third kappa shape index (κ3) is 2.10. The van der Waals surface area contributed by atoms with E-state index in [1.165, 1.54) is 4.57 Å². The molecule has 0 aliphatic carbocycles. The van der Waals surface area contributed by atoms with Gasteiger partial charge < -0.3 is 14.7 Å². The fourth-order valence-electron chi connectivity index (χ4n) is 3.38. The minimum absolute atomic E-state index is 0.0794. The van der Waals surface area contributed by atoms with Gasteiger partial charge in [-0.15, -0.1) is 0 Å². The fraction of sp³-hybridized carbons (Fsp3) is 0.105. The second-order valence-electron chi connectivity index (χ2n) is 6.20. The molecule has 0 unspecified atom stereocenters. The highest BCUT2D eigenvalue weighted by Crippen LogP contribution is 2.28. The molecule has 2 N–H and O–H groups in total. The topological polar surface area (TPSA) is 97.1 Å². The van der Waals surface area contributed by atoms with E-state index in [1.54, 1.807) is 43.4 Å². The Labute approximate surface area is 146 Å². The number of aromatic amines is 1. The van der Waals surface area contributed by atoms with Crippen LogP contribution in [0.25, 0.3) is 27.5 Å². The molecule has 0 aliphatic heterocycles. The lowest BCUT2D eigenvalue weighted by molar-refractivity contribution is 0.0687. The van der Waals surface area contributed by atoms with Crippen LogP contribution in [0, 0.1) is 6.92 Å². The molecular weight excluding hydrogens is 334 g/mol. The van der Waals surface area contributed by atoms with Crippen molar-refractivity contribution >= 4 is 27.8 Å². The van der Waals surface area contributed by atoms with E-state index in [0.717, 1.165) is 10.1 Å². The first-order valence-electron chi connectivity index (χ1n) is 7.97. The molecular formula is C19H15N3O4. The first kappa shape index (κ1) is 15.9. The van der Waals surface area contributed by atoms with Crippen LogP contribution in [0.5, 0.6) is 0 Å². The Morgan fingerprint density at radius 1 is 1.08 bits per heavy atom. The Morgan fingerprint density at radius 2 is 1.81 bits per heavy atom. The maximum absolute atomic E-state index is 13.0. The predicted octanol–water partition coefficient (Wildman–Crippen LogP) is 2.18. The first-order valence-corrected chi connectivity index (χ1v) is 7.97. The number of carboxylic acids is 1. The highest BCUT2D eigenvalue weighted by Gasteiger charge is 2.25. The van der Waals surface area contributed by atoms with E-state index in [2.05, 4.69) is 4.98 Å². The van der Waals surface area contributed by atoms with Crippen LogP contribution < -0.4 is 11.2 Å². The summed E-state index contributed by atoms with van der Waals surface area (Å²) in [5.74, 6) is -1.21. The zero-order valence-corrected chi connectivity index (χ0v) is 14.1. The molecule has 0 aliphatic rings. The summed E-state index contributed by atoms with van der Waals surface area (Å²) in [6, 6.07) is 12.0. The van der Waals surface area contributed by atoms with Crippen LogP contribution in [0.1, 0.15) is 16.1 Å². The van der Waals surface area contributed by atoms with Crippen molar-refractivity contribution in [3.63, 3.8) is 0 Å². The van der Waals surface area contributed by atoms with Gasteiger partial charge in [-0.1, -0.05) is 23.8 Å². The van der Waals surface area contributed by atoms with Crippen LogP contribution in [0.2, 0.25) is 0 Å². The number of aromatic carboxylic acids is 1. The monoisotopic (exact) mass is 349 g/mol. The van der Waals surface area contributed by atoms with Gasteiger partial charge in [-0.2, -0.15) is 0 Å². The zero-order chi connectivity index (χ0) is 18.6. The largest absolute Gasteiger partial charge is 0.477 e. The molecule has 4 rings (SSSR count). The lowest BCUT2D eigenvalue weighted by Crippen LogP contribution is -2.34. The Balaban J connectivity index is 2.27. The van der Waals surface area contributed by atoms with Crippen molar-refractivity contribution in [3.05, 3.63) is 74.6 Å². The second kappa shape index (κ2) is 5.45. The van der Waals surface area contributed by atoms with Gasteiger partial charge in [0.25, 0.3) is 5.56 Å². The summed E-state index contributed by atoms with van der Waals surface area (Å²) in [4.78, 5) is 40.2. The molecule has 0 atom stereocenters. The second-order valence-corrected chi connectivity index (χ2v) is 6.20. The molecule has 4 aromatic rings. The normalized spacial score (nSPS) is 11.3. The predicted molar refractivity (Wildman–Crippen MR) is 98.3 cm³/mol. The lowest BCUT2D eigenvalue weighted by atomic mass is 10.1. The van der Waals surface area contributed by atoms with Gasteiger partial charge in [0.1, 0.15) is 0 Å². The number of aromatic nitrogens is 3. The number of nitrogens with zero attached hydrogens (tertiary/aromatic N) is 2. The molecule has 0 bridgehead atoms. The number of nitrogens with one attached hydrogen (secondary N) is 1. The van der Waals surface area contributed by atoms with Crippen LogP contribution in [0.3, 0.4) is 0 Å². The average Bonchev–Trinajstić information content (AvgIpc) is 2.87. The van der Waals surface area contributed by atoms with Crippen LogP contribution in [-0.2, 0) is 7.05 Å². The SMILES string of the molecule is Cc1ccc2c(c1)c(-n1c(=O)[nH]c3ccccc3c1=O)c(C(=O)O)n2C. The number of carbonyl (C=O) groups is 1. The van der Waals surface area contributed by atoms with E-state index in [1.807, 2.05) is 13.0 Å². The summed E-state index contributed by atoms with van der Waals surface area (Å²) in [7, 11) is 1.60. The molecule has 2 aromatic heterocycles. The minimum Gasteiger partial charge on any atom is -0.477 e. The van der Waals surface area contributed by atoms with Gasteiger partial charge in [-0.3, -0.25) is 4.79 Å². The van der Waals surface area contributed by atoms with Crippen LogP contribution >= 0.6 is 0 Å². The van der Waals surface area contributed by atoms with Gasteiger partial charge in [0.05, 0.1) is 22.1 Å². The summed E-state index contributed by atoms with van der Waals surface area (Å²) in [6.45, 7) is 1.87. The number of hydrogen-bond donors (Lipinski definition) is 2. The molecule has 2 heterocycles. The van der Waals surface area contributed by atoms with Crippen molar-refractivity contribution in [2.45, 2.75) is 6.92 Å². The summed E-state index contributed by atoms with van der Waals surface area (Å²) in [5, 5.41) is 10.6. The Kier molecular flexibility index (Phi) is 3.33. The van der Waals surface area contributed by atoms with Gasteiger partial charge in [0.15, 0.2) is 5.69 Å². The van der Waals surface area contributed by atoms with Gasteiger partial charge in [-0.05, 0) is 31.2 Å². The summed E-state index contributed by atoms with van der Waals surface area (Å²) in [5.41, 5.74) is 0.663. The molecule has 7 nitrogen and oxygen atoms in total. The maximum atomic E-state index is 13.0. The zero-order valence-electron chi connectivity index (χ0n) is 14.1. The molecule has 0 saturated carbocycles. The van der Waals surface area contributed by atoms with E-state index >= 15 is 0 Å². The molecule has 0 saturated heterocycles. The van der Waals surface area contributed by atoms with Crippen LogP contribution in [0.15, 0.2) is 52.1 Å². The molecule has 0 fully saturated rings. The Morgan fingerprint density at radius 3 is 2.54 bits per heavy atom. The molecule has 0 spiro atoms. The van der Waals surface area contributed by atoms with Crippen molar-refractivity contribution in [2.24, 2.45) is 7.05 Å². The number of aryl methyl sites for hydroxylation is 2. The van der Waals surface area contributed by atoms with Gasteiger partial charge >= 0.3 is 11.7 Å².